The Kier molecular flexibility index (Phi) is 4.90. The molecule has 3 heterocycles. The number of methoxy groups -OCH3 is 1. The number of rotatable bonds is 5. The standard InChI is InChI=1S/C19H21N5O2/c1-25-14-17-20-18(23-9-11-26-12-10-23)13-19(21-17)24-8-7-16(22-24)15-5-3-2-4-6-15/h2-8,13H,9-12,14H2,1H3. The van der Waals surface area contributed by atoms with Crippen LogP contribution < -0.4 is 4.90 Å². The first kappa shape index (κ1) is 16.7. The Morgan fingerprint density at radius 2 is 1.81 bits per heavy atom. The zero-order valence-corrected chi connectivity index (χ0v) is 14.7. The minimum absolute atomic E-state index is 0.359. The van der Waals surface area contributed by atoms with Gasteiger partial charge < -0.3 is 14.4 Å². The molecular formula is C19H21N5O2. The molecule has 0 aliphatic carbocycles. The van der Waals surface area contributed by atoms with E-state index in [9.17, 15) is 0 Å². The minimum Gasteiger partial charge on any atom is -0.378 e. The second kappa shape index (κ2) is 7.63. The zero-order valence-electron chi connectivity index (χ0n) is 14.7. The van der Waals surface area contributed by atoms with E-state index < -0.39 is 0 Å². The van der Waals surface area contributed by atoms with E-state index in [4.69, 9.17) is 9.47 Å². The van der Waals surface area contributed by atoms with Crippen LogP contribution in [0.5, 0.6) is 0 Å². The third kappa shape index (κ3) is 3.58. The van der Waals surface area contributed by atoms with Crippen molar-refractivity contribution in [2.45, 2.75) is 6.61 Å². The highest BCUT2D eigenvalue weighted by molar-refractivity contribution is 5.58. The first-order chi connectivity index (χ1) is 12.8. The van der Waals surface area contributed by atoms with Crippen molar-refractivity contribution in [3.05, 3.63) is 54.5 Å². The summed E-state index contributed by atoms with van der Waals surface area (Å²) in [6.07, 6.45) is 1.92. The fourth-order valence-electron chi connectivity index (χ4n) is 2.95. The number of hydrogen-bond donors (Lipinski definition) is 0. The molecule has 0 N–H and O–H groups in total. The lowest BCUT2D eigenvalue weighted by Crippen LogP contribution is -2.37. The summed E-state index contributed by atoms with van der Waals surface area (Å²) >= 11 is 0. The van der Waals surface area contributed by atoms with Crippen molar-refractivity contribution in [1.82, 2.24) is 19.7 Å². The largest absolute Gasteiger partial charge is 0.378 e. The molecule has 134 valence electrons. The van der Waals surface area contributed by atoms with Gasteiger partial charge in [-0.3, -0.25) is 0 Å². The number of morpholine rings is 1. The summed E-state index contributed by atoms with van der Waals surface area (Å²) in [6, 6.07) is 14.0. The lowest BCUT2D eigenvalue weighted by atomic mass is 10.2. The number of hydrogen-bond acceptors (Lipinski definition) is 6. The highest BCUT2D eigenvalue weighted by atomic mass is 16.5. The number of nitrogens with zero attached hydrogens (tertiary/aromatic N) is 5. The van der Waals surface area contributed by atoms with Gasteiger partial charge in [-0.05, 0) is 6.07 Å². The smallest absolute Gasteiger partial charge is 0.159 e. The van der Waals surface area contributed by atoms with Crippen molar-refractivity contribution in [2.24, 2.45) is 0 Å². The molecule has 0 atom stereocenters. The normalized spacial score (nSPS) is 14.6. The van der Waals surface area contributed by atoms with Gasteiger partial charge in [0.05, 0.1) is 18.9 Å². The van der Waals surface area contributed by atoms with Gasteiger partial charge in [-0.15, -0.1) is 0 Å². The summed E-state index contributed by atoms with van der Waals surface area (Å²) in [5, 5.41) is 4.68. The fourth-order valence-corrected chi connectivity index (χ4v) is 2.95. The first-order valence-electron chi connectivity index (χ1n) is 8.64. The van der Waals surface area contributed by atoms with Gasteiger partial charge in [-0.1, -0.05) is 30.3 Å². The van der Waals surface area contributed by atoms with Crippen LogP contribution >= 0.6 is 0 Å². The molecule has 0 unspecified atom stereocenters. The predicted molar refractivity (Wildman–Crippen MR) is 98.3 cm³/mol. The zero-order chi connectivity index (χ0) is 17.8. The molecule has 1 aliphatic rings. The van der Waals surface area contributed by atoms with Crippen molar-refractivity contribution >= 4 is 5.82 Å². The van der Waals surface area contributed by atoms with Crippen LogP contribution in [0.2, 0.25) is 0 Å². The van der Waals surface area contributed by atoms with E-state index in [1.54, 1.807) is 11.8 Å². The van der Waals surface area contributed by atoms with Crippen LogP contribution in [0.15, 0.2) is 48.7 Å². The summed E-state index contributed by atoms with van der Waals surface area (Å²) in [4.78, 5) is 11.4. The lowest BCUT2D eigenvalue weighted by Gasteiger charge is -2.28. The molecule has 0 amide bonds. The van der Waals surface area contributed by atoms with Gasteiger partial charge >= 0.3 is 0 Å². The number of ether oxygens (including phenoxy) is 2. The molecule has 26 heavy (non-hydrogen) atoms. The monoisotopic (exact) mass is 351 g/mol. The highest BCUT2D eigenvalue weighted by Crippen LogP contribution is 2.20. The topological polar surface area (TPSA) is 65.3 Å². The maximum atomic E-state index is 5.44. The van der Waals surface area contributed by atoms with Gasteiger partial charge in [0, 0.05) is 38.0 Å². The van der Waals surface area contributed by atoms with Gasteiger partial charge in [-0.2, -0.15) is 5.10 Å². The maximum absolute atomic E-state index is 5.44. The molecule has 0 spiro atoms. The molecule has 1 saturated heterocycles. The molecule has 0 saturated carbocycles. The van der Waals surface area contributed by atoms with Crippen LogP contribution in [0, 0.1) is 0 Å². The average molecular weight is 351 g/mol. The summed E-state index contributed by atoms with van der Waals surface area (Å²) in [7, 11) is 1.64. The van der Waals surface area contributed by atoms with E-state index in [2.05, 4.69) is 20.0 Å². The maximum Gasteiger partial charge on any atom is 0.159 e. The fraction of sp³-hybridized carbons (Fsp3) is 0.316. The molecule has 0 bridgehead atoms. The summed E-state index contributed by atoms with van der Waals surface area (Å²) in [6.45, 7) is 3.41. The van der Waals surface area contributed by atoms with E-state index in [0.717, 1.165) is 36.0 Å². The van der Waals surface area contributed by atoms with Gasteiger partial charge in [0.1, 0.15) is 12.4 Å². The summed E-state index contributed by atoms with van der Waals surface area (Å²) in [5.41, 5.74) is 1.98. The van der Waals surface area contributed by atoms with E-state index >= 15 is 0 Å². The molecule has 2 aromatic heterocycles. The van der Waals surface area contributed by atoms with Crippen molar-refractivity contribution in [1.29, 1.82) is 0 Å². The minimum atomic E-state index is 0.359. The lowest BCUT2D eigenvalue weighted by molar-refractivity contribution is 0.122. The Morgan fingerprint density at radius 1 is 1.04 bits per heavy atom. The second-order valence-electron chi connectivity index (χ2n) is 6.04. The van der Waals surface area contributed by atoms with Crippen LogP contribution in [0.1, 0.15) is 5.82 Å². The molecule has 0 radical (unpaired) electrons. The third-order valence-corrected chi connectivity index (χ3v) is 4.25. The van der Waals surface area contributed by atoms with E-state index in [1.165, 1.54) is 0 Å². The molecule has 1 aliphatic heterocycles. The molecule has 1 aromatic carbocycles. The summed E-state index contributed by atoms with van der Waals surface area (Å²) < 4.78 is 12.5. The van der Waals surface area contributed by atoms with Gasteiger partial charge in [-0.25, -0.2) is 14.6 Å². The van der Waals surface area contributed by atoms with Gasteiger partial charge in [0.25, 0.3) is 0 Å². The van der Waals surface area contributed by atoms with Crippen molar-refractivity contribution < 1.29 is 9.47 Å². The molecule has 7 heteroatoms. The Labute approximate surface area is 152 Å². The number of aromatic nitrogens is 4. The average Bonchev–Trinajstić information content (AvgIpc) is 3.20. The molecule has 4 rings (SSSR count). The van der Waals surface area contributed by atoms with Crippen molar-refractivity contribution in [3.8, 4) is 17.1 Å². The Balaban J connectivity index is 1.69. The summed E-state index contributed by atoms with van der Waals surface area (Å²) in [5.74, 6) is 2.25. The van der Waals surface area contributed by atoms with E-state index in [1.807, 2.05) is 48.7 Å². The van der Waals surface area contributed by atoms with Crippen molar-refractivity contribution in [3.63, 3.8) is 0 Å². The van der Waals surface area contributed by atoms with Gasteiger partial charge in [0.2, 0.25) is 0 Å². The predicted octanol–water partition coefficient (Wildman–Crippen LogP) is 2.31. The Morgan fingerprint density at radius 3 is 2.58 bits per heavy atom. The molecular weight excluding hydrogens is 330 g/mol. The third-order valence-electron chi connectivity index (χ3n) is 4.25. The van der Waals surface area contributed by atoms with Crippen LogP contribution in [-0.2, 0) is 16.1 Å². The van der Waals surface area contributed by atoms with Crippen LogP contribution in [0.4, 0.5) is 5.82 Å². The first-order valence-corrected chi connectivity index (χ1v) is 8.64. The van der Waals surface area contributed by atoms with Gasteiger partial charge in [0.15, 0.2) is 11.6 Å². The molecule has 7 nitrogen and oxygen atoms in total. The molecule has 1 fully saturated rings. The van der Waals surface area contributed by atoms with E-state index in [0.29, 0.717) is 25.6 Å². The van der Waals surface area contributed by atoms with Crippen LogP contribution in [0.25, 0.3) is 17.1 Å². The highest BCUT2D eigenvalue weighted by Gasteiger charge is 2.16. The number of anilines is 1. The van der Waals surface area contributed by atoms with Crippen molar-refractivity contribution in [2.75, 3.05) is 38.3 Å². The molecule has 3 aromatic rings. The Hall–Kier alpha value is -2.77. The van der Waals surface area contributed by atoms with E-state index in [-0.39, 0.29) is 0 Å². The quantitative estimate of drug-likeness (QED) is 0.703. The number of benzene rings is 1. The van der Waals surface area contributed by atoms with Crippen LogP contribution in [0.3, 0.4) is 0 Å². The second-order valence-corrected chi connectivity index (χ2v) is 6.04. The SMILES string of the molecule is COCc1nc(N2CCOCC2)cc(-n2ccc(-c3ccccc3)n2)n1. The Bertz CT molecular complexity index is 859. The van der Waals surface area contributed by atoms with Crippen LogP contribution in [-0.4, -0.2) is 53.2 Å².